The van der Waals surface area contributed by atoms with Gasteiger partial charge in [0.15, 0.2) is 0 Å². The van der Waals surface area contributed by atoms with Crippen molar-refractivity contribution in [3.63, 3.8) is 0 Å². The van der Waals surface area contributed by atoms with Gasteiger partial charge < -0.3 is 14.6 Å². The standard InChI is InChI=1S/C27H33NO4/c1-4-9-25(27(29)30)24-14-12-21-18-22(13-15-23(21)24)32-17-16-19(3)28-26(31-5-2)20-10-7-6-8-11-20/h6-8,10-11,13,15,18,24-25H,3-5,9,12,14,16-17H2,1-2H3,(H,29,30). The Morgan fingerprint density at radius 2 is 2.00 bits per heavy atom. The van der Waals surface area contributed by atoms with Crippen LogP contribution in [-0.4, -0.2) is 30.2 Å². The first kappa shape index (κ1) is 23.6. The van der Waals surface area contributed by atoms with Gasteiger partial charge in [0.25, 0.3) is 0 Å². The summed E-state index contributed by atoms with van der Waals surface area (Å²) in [6.07, 6.45) is 3.97. The van der Waals surface area contributed by atoms with Crippen LogP contribution < -0.4 is 4.74 Å². The van der Waals surface area contributed by atoms with E-state index >= 15 is 0 Å². The number of aliphatic imine (C=N–C) groups is 1. The molecule has 1 aliphatic carbocycles. The van der Waals surface area contributed by atoms with Gasteiger partial charge in [-0.2, -0.15) is 0 Å². The van der Waals surface area contributed by atoms with Crippen molar-refractivity contribution in [1.82, 2.24) is 0 Å². The van der Waals surface area contributed by atoms with Crippen molar-refractivity contribution in [2.45, 2.75) is 51.9 Å². The van der Waals surface area contributed by atoms with Gasteiger partial charge in [-0.05, 0) is 67.5 Å². The number of carboxylic acid groups (broad SMARTS) is 1. The number of hydrogen-bond donors (Lipinski definition) is 1. The van der Waals surface area contributed by atoms with Crippen LogP contribution in [0, 0.1) is 5.92 Å². The molecule has 2 unspecified atom stereocenters. The lowest BCUT2D eigenvalue weighted by Gasteiger charge is -2.20. The summed E-state index contributed by atoms with van der Waals surface area (Å²) in [5, 5.41) is 9.63. The minimum atomic E-state index is -0.689. The minimum absolute atomic E-state index is 0.0978. The fourth-order valence-corrected chi connectivity index (χ4v) is 4.33. The number of nitrogens with zero attached hydrogens (tertiary/aromatic N) is 1. The van der Waals surface area contributed by atoms with Gasteiger partial charge in [-0.25, -0.2) is 4.99 Å². The van der Waals surface area contributed by atoms with Crippen LogP contribution in [0.15, 0.2) is 65.8 Å². The lowest BCUT2D eigenvalue weighted by atomic mass is 9.84. The fourth-order valence-electron chi connectivity index (χ4n) is 4.33. The minimum Gasteiger partial charge on any atom is -0.493 e. The number of carbonyl (C=O) groups is 1. The molecule has 0 spiro atoms. The third kappa shape index (κ3) is 6.00. The maximum atomic E-state index is 11.7. The van der Waals surface area contributed by atoms with Crippen LogP contribution in [0.4, 0.5) is 0 Å². The molecule has 1 aliphatic rings. The topological polar surface area (TPSA) is 68.1 Å². The first-order valence-corrected chi connectivity index (χ1v) is 11.5. The zero-order chi connectivity index (χ0) is 22.9. The van der Waals surface area contributed by atoms with Gasteiger partial charge in [0.1, 0.15) is 5.75 Å². The van der Waals surface area contributed by atoms with E-state index in [2.05, 4.69) is 17.6 Å². The van der Waals surface area contributed by atoms with Crippen LogP contribution in [0.25, 0.3) is 0 Å². The normalized spacial score (nSPS) is 16.3. The Labute approximate surface area is 190 Å². The van der Waals surface area contributed by atoms with Gasteiger partial charge in [-0.1, -0.05) is 44.2 Å². The van der Waals surface area contributed by atoms with Gasteiger partial charge in [0.2, 0.25) is 5.90 Å². The Balaban J connectivity index is 1.59. The third-order valence-corrected chi connectivity index (χ3v) is 5.86. The highest BCUT2D eigenvalue weighted by atomic mass is 16.5. The van der Waals surface area contributed by atoms with Crippen LogP contribution in [0.2, 0.25) is 0 Å². The van der Waals surface area contributed by atoms with Crippen molar-refractivity contribution < 1.29 is 19.4 Å². The summed E-state index contributed by atoms with van der Waals surface area (Å²) in [7, 11) is 0. The maximum Gasteiger partial charge on any atom is 0.307 e. The molecule has 5 nitrogen and oxygen atoms in total. The zero-order valence-corrected chi connectivity index (χ0v) is 19.0. The number of benzene rings is 2. The molecular weight excluding hydrogens is 402 g/mol. The molecule has 2 atom stereocenters. The molecule has 0 saturated carbocycles. The van der Waals surface area contributed by atoms with Crippen molar-refractivity contribution in [1.29, 1.82) is 0 Å². The summed E-state index contributed by atoms with van der Waals surface area (Å²) in [6, 6.07) is 15.8. The average Bonchev–Trinajstić information content (AvgIpc) is 3.20. The van der Waals surface area contributed by atoms with Gasteiger partial charge in [-0.15, -0.1) is 0 Å². The lowest BCUT2D eigenvalue weighted by molar-refractivity contribution is -0.142. The molecule has 2 aromatic carbocycles. The van der Waals surface area contributed by atoms with Crippen molar-refractivity contribution in [3.05, 3.63) is 77.5 Å². The van der Waals surface area contributed by atoms with E-state index in [1.54, 1.807) is 0 Å². The van der Waals surface area contributed by atoms with E-state index < -0.39 is 5.97 Å². The monoisotopic (exact) mass is 435 g/mol. The molecule has 0 aliphatic heterocycles. The van der Waals surface area contributed by atoms with Crippen molar-refractivity contribution in [2.24, 2.45) is 10.9 Å². The lowest BCUT2D eigenvalue weighted by Crippen LogP contribution is -2.20. The van der Waals surface area contributed by atoms with Crippen LogP contribution >= 0.6 is 0 Å². The first-order chi connectivity index (χ1) is 15.5. The van der Waals surface area contributed by atoms with E-state index in [0.29, 0.717) is 37.7 Å². The second kappa shape index (κ2) is 11.5. The summed E-state index contributed by atoms with van der Waals surface area (Å²) in [5.41, 5.74) is 3.99. The molecule has 1 N–H and O–H groups in total. The number of ether oxygens (including phenoxy) is 2. The molecule has 3 rings (SSSR count). The number of hydrogen-bond acceptors (Lipinski definition) is 4. The molecule has 2 aromatic rings. The smallest absolute Gasteiger partial charge is 0.307 e. The molecule has 0 fully saturated rings. The summed E-state index contributed by atoms with van der Waals surface area (Å²) in [5.74, 6) is 0.475. The largest absolute Gasteiger partial charge is 0.493 e. The highest BCUT2D eigenvalue weighted by Crippen LogP contribution is 2.41. The summed E-state index contributed by atoms with van der Waals surface area (Å²) in [6.45, 7) is 9.03. The molecule has 0 bridgehead atoms. The van der Waals surface area contributed by atoms with Gasteiger partial charge in [0.05, 0.1) is 19.1 Å². The van der Waals surface area contributed by atoms with Crippen LogP contribution in [-0.2, 0) is 16.0 Å². The molecule has 0 radical (unpaired) electrons. The summed E-state index contributed by atoms with van der Waals surface area (Å²) in [4.78, 5) is 16.3. The maximum absolute atomic E-state index is 11.7. The van der Waals surface area contributed by atoms with Gasteiger partial charge >= 0.3 is 5.97 Å². The zero-order valence-electron chi connectivity index (χ0n) is 19.0. The van der Waals surface area contributed by atoms with E-state index in [-0.39, 0.29) is 11.8 Å². The first-order valence-electron chi connectivity index (χ1n) is 11.5. The molecule has 32 heavy (non-hydrogen) atoms. The van der Waals surface area contributed by atoms with E-state index in [1.807, 2.05) is 56.3 Å². The summed E-state index contributed by atoms with van der Waals surface area (Å²) < 4.78 is 11.6. The van der Waals surface area contributed by atoms with E-state index in [4.69, 9.17) is 9.47 Å². The Hall–Kier alpha value is -3.08. The molecule has 170 valence electrons. The second-order valence-electron chi connectivity index (χ2n) is 8.12. The molecule has 0 saturated heterocycles. The highest BCUT2D eigenvalue weighted by molar-refractivity contribution is 5.94. The Morgan fingerprint density at radius 3 is 2.69 bits per heavy atom. The van der Waals surface area contributed by atoms with Crippen molar-refractivity contribution >= 4 is 11.9 Å². The number of aliphatic carboxylic acids is 1. The highest BCUT2D eigenvalue weighted by Gasteiger charge is 2.33. The van der Waals surface area contributed by atoms with E-state index in [0.717, 1.165) is 36.1 Å². The SMILES string of the molecule is C=C(CCOc1ccc2c(c1)CCC2C(CCC)C(=O)O)N=C(OCC)c1ccccc1. The Bertz CT molecular complexity index is 951. The molecular formula is C27H33NO4. The molecule has 0 amide bonds. The Kier molecular flexibility index (Phi) is 8.48. The quantitative estimate of drug-likeness (QED) is 0.348. The summed E-state index contributed by atoms with van der Waals surface area (Å²) >= 11 is 0. The predicted molar refractivity (Wildman–Crippen MR) is 127 cm³/mol. The van der Waals surface area contributed by atoms with Gasteiger partial charge in [0, 0.05) is 17.7 Å². The van der Waals surface area contributed by atoms with Crippen LogP contribution in [0.5, 0.6) is 5.75 Å². The van der Waals surface area contributed by atoms with E-state index in [1.165, 1.54) is 5.56 Å². The molecule has 0 aromatic heterocycles. The van der Waals surface area contributed by atoms with Crippen molar-refractivity contribution in [3.8, 4) is 5.75 Å². The van der Waals surface area contributed by atoms with E-state index in [9.17, 15) is 9.90 Å². The number of fused-ring (bicyclic) bond motifs is 1. The average molecular weight is 436 g/mol. The Morgan fingerprint density at radius 1 is 1.22 bits per heavy atom. The number of carboxylic acids is 1. The fraction of sp³-hybridized carbons (Fsp3) is 0.407. The third-order valence-electron chi connectivity index (χ3n) is 5.86. The van der Waals surface area contributed by atoms with Gasteiger partial charge in [-0.3, -0.25) is 4.79 Å². The molecule has 5 heteroatoms. The predicted octanol–water partition coefficient (Wildman–Crippen LogP) is 5.98. The van der Waals surface area contributed by atoms with Crippen molar-refractivity contribution in [2.75, 3.05) is 13.2 Å². The second-order valence-corrected chi connectivity index (χ2v) is 8.12. The van der Waals surface area contributed by atoms with Crippen LogP contribution in [0.1, 0.15) is 62.1 Å². The molecule has 0 heterocycles. The van der Waals surface area contributed by atoms with Crippen LogP contribution in [0.3, 0.4) is 0 Å². The number of aryl methyl sites for hydroxylation is 1. The number of rotatable bonds is 11.